The van der Waals surface area contributed by atoms with E-state index in [0.29, 0.717) is 18.0 Å². The van der Waals surface area contributed by atoms with Crippen LogP contribution in [0.25, 0.3) is 0 Å². The molecule has 2 heteroatoms. The first kappa shape index (κ1) is 14.0. The van der Waals surface area contributed by atoms with Crippen molar-refractivity contribution in [3.63, 3.8) is 0 Å². The number of nitrogens with zero attached hydrogens (tertiary/aromatic N) is 1. The van der Waals surface area contributed by atoms with Crippen molar-refractivity contribution in [3.8, 4) is 0 Å². The molecule has 0 saturated carbocycles. The van der Waals surface area contributed by atoms with E-state index in [1.165, 1.54) is 6.42 Å². The highest BCUT2D eigenvalue weighted by Gasteiger charge is 2.44. The maximum Gasteiger partial charge on any atom is 0.0505 e. The Labute approximate surface area is 101 Å². The van der Waals surface area contributed by atoms with Gasteiger partial charge in [0, 0.05) is 24.7 Å². The molecular formula is C14H29NO. The first-order valence-corrected chi connectivity index (χ1v) is 6.56. The monoisotopic (exact) mass is 227 g/mol. The smallest absolute Gasteiger partial charge is 0.0505 e. The zero-order valence-corrected chi connectivity index (χ0v) is 12.1. The quantitative estimate of drug-likeness (QED) is 0.734. The first-order valence-electron chi connectivity index (χ1n) is 6.56. The molecule has 0 aliphatic carbocycles. The van der Waals surface area contributed by atoms with E-state index in [2.05, 4.69) is 46.4 Å². The summed E-state index contributed by atoms with van der Waals surface area (Å²) in [7, 11) is 1.82. The van der Waals surface area contributed by atoms with Gasteiger partial charge in [0.2, 0.25) is 0 Å². The van der Waals surface area contributed by atoms with Gasteiger partial charge in [-0.15, -0.1) is 0 Å². The van der Waals surface area contributed by atoms with E-state index < -0.39 is 0 Å². The van der Waals surface area contributed by atoms with Crippen LogP contribution in [0.5, 0.6) is 0 Å². The van der Waals surface area contributed by atoms with Crippen LogP contribution in [0, 0.1) is 11.8 Å². The van der Waals surface area contributed by atoms with Crippen LogP contribution in [-0.2, 0) is 4.74 Å². The highest BCUT2D eigenvalue weighted by atomic mass is 16.5. The molecule has 0 bridgehead atoms. The summed E-state index contributed by atoms with van der Waals surface area (Å²) in [6.45, 7) is 14.9. The van der Waals surface area contributed by atoms with Crippen molar-refractivity contribution in [1.29, 1.82) is 0 Å². The molecule has 0 spiro atoms. The minimum absolute atomic E-state index is 0.261. The molecule has 3 atom stereocenters. The van der Waals surface area contributed by atoms with E-state index in [1.54, 1.807) is 0 Å². The molecular weight excluding hydrogens is 198 g/mol. The lowest BCUT2D eigenvalue weighted by Gasteiger charge is -2.42. The number of hydrogen-bond donors (Lipinski definition) is 0. The highest BCUT2D eigenvalue weighted by molar-refractivity contribution is 4.98. The topological polar surface area (TPSA) is 12.5 Å². The summed E-state index contributed by atoms with van der Waals surface area (Å²) in [4.78, 5) is 2.70. The fraction of sp³-hybridized carbons (Fsp3) is 1.00. The standard InChI is InChI=1S/C14H29NO/c1-10(2)13-8-12(9-16-7)11(3)15(13)14(4,5)6/h10-13H,8-9H2,1-7H3/t11-,12-,13?/m1/s1. The van der Waals surface area contributed by atoms with E-state index in [0.717, 1.165) is 12.5 Å². The van der Waals surface area contributed by atoms with E-state index in [1.807, 2.05) is 7.11 Å². The molecule has 1 fully saturated rings. The average Bonchev–Trinajstić information content (AvgIpc) is 2.43. The second-order valence-electron chi connectivity index (χ2n) is 6.58. The maximum absolute atomic E-state index is 5.36. The summed E-state index contributed by atoms with van der Waals surface area (Å²) < 4.78 is 5.36. The molecule has 2 nitrogen and oxygen atoms in total. The van der Waals surface area contributed by atoms with E-state index in [-0.39, 0.29) is 5.54 Å². The third-order valence-electron chi connectivity index (χ3n) is 3.95. The van der Waals surface area contributed by atoms with E-state index in [9.17, 15) is 0 Å². The van der Waals surface area contributed by atoms with Crippen LogP contribution in [0.15, 0.2) is 0 Å². The summed E-state index contributed by atoms with van der Waals surface area (Å²) in [5.41, 5.74) is 0.261. The second-order valence-corrected chi connectivity index (χ2v) is 6.58. The molecule has 1 aliphatic rings. The van der Waals surface area contributed by atoms with Crippen LogP contribution in [0.4, 0.5) is 0 Å². The van der Waals surface area contributed by atoms with Gasteiger partial charge in [-0.05, 0) is 46.0 Å². The van der Waals surface area contributed by atoms with Gasteiger partial charge in [0.1, 0.15) is 0 Å². The van der Waals surface area contributed by atoms with Crippen LogP contribution < -0.4 is 0 Å². The van der Waals surface area contributed by atoms with Crippen molar-refractivity contribution in [1.82, 2.24) is 4.90 Å². The zero-order valence-electron chi connectivity index (χ0n) is 12.1. The molecule has 1 aliphatic heterocycles. The highest BCUT2D eigenvalue weighted by Crippen LogP contribution is 2.38. The first-order chi connectivity index (χ1) is 7.29. The SMILES string of the molecule is COC[C@H]1CC(C(C)C)N(C(C)(C)C)[C@@H]1C. The molecule has 1 rings (SSSR count). The molecule has 1 saturated heterocycles. The summed E-state index contributed by atoms with van der Waals surface area (Å²) in [5, 5.41) is 0. The van der Waals surface area contributed by atoms with Gasteiger partial charge in [-0.1, -0.05) is 13.8 Å². The molecule has 1 unspecified atom stereocenters. The molecule has 0 aromatic carbocycles. The Kier molecular flexibility index (Phi) is 4.42. The lowest BCUT2D eigenvalue weighted by Crippen LogP contribution is -2.50. The molecule has 16 heavy (non-hydrogen) atoms. The van der Waals surface area contributed by atoms with Gasteiger partial charge in [0.15, 0.2) is 0 Å². The number of methoxy groups -OCH3 is 1. The van der Waals surface area contributed by atoms with Crippen molar-refractivity contribution in [3.05, 3.63) is 0 Å². The molecule has 0 aromatic heterocycles. The number of rotatable bonds is 3. The lowest BCUT2D eigenvalue weighted by molar-refractivity contribution is 0.0484. The van der Waals surface area contributed by atoms with Crippen LogP contribution in [0.2, 0.25) is 0 Å². The van der Waals surface area contributed by atoms with Gasteiger partial charge in [0.25, 0.3) is 0 Å². The van der Waals surface area contributed by atoms with Crippen molar-refractivity contribution in [2.24, 2.45) is 11.8 Å². The molecule has 0 radical (unpaired) electrons. The predicted octanol–water partition coefficient (Wildman–Crippen LogP) is 3.17. The number of hydrogen-bond acceptors (Lipinski definition) is 2. The van der Waals surface area contributed by atoms with E-state index in [4.69, 9.17) is 4.74 Å². The van der Waals surface area contributed by atoms with Crippen LogP contribution in [-0.4, -0.2) is 36.2 Å². The van der Waals surface area contributed by atoms with Crippen LogP contribution >= 0.6 is 0 Å². The zero-order chi connectivity index (χ0) is 12.5. The Balaban J connectivity index is 2.85. The normalized spacial score (nSPS) is 32.6. The fourth-order valence-electron chi connectivity index (χ4n) is 3.27. The Bertz CT molecular complexity index is 219. The van der Waals surface area contributed by atoms with Gasteiger partial charge in [-0.2, -0.15) is 0 Å². The minimum atomic E-state index is 0.261. The van der Waals surface area contributed by atoms with Gasteiger partial charge in [-0.3, -0.25) is 4.90 Å². The molecule has 1 heterocycles. The summed E-state index contributed by atoms with van der Waals surface area (Å²) in [5.74, 6) is 1.42. The van der Waals surface area contributed by atoms with Gasteiger partial charge >= 0.3 is 0 Å². The van der Waals surface area contributed by atoms with Crippen molar-refractivity contribution < 1.29 is 4.74 Å². The second kappa shape index (κ2) is 5.05. The number of likely N-dealkylation sites (tertiary alicyclic amines) is 1. The molecule has 0 amide bonds. The largest absolute Gasteiger partial charge is 0.384 e. The lowest BCUT2D eigenvalue weighted by atomic mass is 9.95. The summed E-state index contributed by atoms with van der Waals surface area (Å²) in [6, 6.07) is 1.34. The maximum atomic E-state index is 5.36. The summed E-state index contributed by atoms with van der Waals surface area (Å²) in [6.07, 6.45) is 1.28. The summed E-state index contributed by atoms with van der Waals surface area (Å²) >= 11 is 0. The van der Waals surface area contributed by atoms with Crippen molar-refractivity contribution in [2.45, 2.75) is 65.6 Å². The van der Waals surface area contributed by atoms with Crippen molar-refractivity contribution in [2.75, 3.05) is 13.7 Å². The van der Waals surface area contributed by atoms with Crippen LogP contribution in [0.3, 0.4) is 0 Å². The minimum Gasteiger partial charge on any atom is -0.384 e. The Morgan fingerprint density at radius 2 is 1.88 bits per heavy atom. The van der Waals surface area contributed by atoms with Gasteiger partial charge in [0.05, 0.1) is 6.61 Å². The Hall–Kier alpha value is -0.0800. The van der Waals surface area contributed by atoms with Crippen LogP contribution in [0.1, 0.15) is 48.0 Å². The predicted molar refractivity (Wildman–Crippen MR) is 69.7 cm³/mol. The Morgan fingerprint density at radius 3 is 2.19 bits per heavy atom. The molecule has 0 N–H and O–H groups in total. The van der Waals surface area contributed by atoms with Gasteiger partial charge in [-0.25, -0.2) is 0 Å². The molecule has 0 aromatic rings. The third kappa shape index (κ3) is 2.78. The average molecular weight is 227 g/mol. The van der Waals surface area contributed by atoms with E-state index >= 15 is 0 Å². The third-order valence-corrected chi connectivity index (χ3v) is 3.95. The number of ether oxygens (including phenoxy) is 1. The Morgan fingerprint density at radius 1 is 1.31 bits per heavy atom. The molecule has 96 valence electrons. The fourth-order valence-corrected chi connectivity index (χ4v) is 3.27. The van der Waals surface area contributed by atoms with Gasteiger partial charge < -0.3 is 4.74 Å². The van der Waals surface area contributed by atoms with Crippen molar-refractivity contribution >= 4 is 0 Å².